The number of para-hydroxylation sites is 1. The van der Waals surface area contributed by atoms with Crippen LogP contribution < -0.4 is 10.1 Å². The fraction of sp³-hybridized carbons (Fsp3) is 0.308. The Labute approximate surface area is 187 Å². The van der Waals surface area contributed by atoms with Crippen LogP contribution in [0.4, 0.5) is 5.69 Å². The highest BCUT2D eigenvalue weighted by molar-refractivity contribution is 6.06. The third-order valence-electron chi connectivity index (χ3n) is 6.39. The lowest BCUT2D eigenvalue weighted by Crippen LogP contribution is -2.41. The van der Waals surface area contributed by atoms with E-state index in [2.05, 4.69) is 5.32 Å². The van der Waals surface area contributed by atoms with Gasteiger partial charge in [-0.2, -0.15) is 0 Å². The normalized spacial score (nSPS) is 15.6. The minimum absolute atomic E-state index is 0.214. The molecular weight excluding hydrogens is 404 g/mol. The highest BCUT2D eigenvalue weighted by Crippen LogP contribution is 2.34. The summed E-state index contributed by atoms with van der Waals surface area (Å²) in [5.41, 5.74) is 3.11. The molecule has 2 aromatic carbocycles. The molecule has 2 heterocycles. The van der Waals surface area contributed by atoms with Crippen LogP contribution >= 0.6 is 0 Å². The fourth-order valence-corrected chi connectivity index (χ4v) is 4.36. The van der Waals surface area contributed by atoms with E-state index in [-0.39, 0.29) is 17.7 Å². The Balaban J connectivity index is 1.32. The van der Waals surface area contributed by atoms with Gasteiger partial charge < -0.3 is 19.4 Å². The van der Waals surface area contributed by atoms with E-state index < -0.39 is 0 Å². The number of hydrogen-bond donors (Lipinski definition) is 1. The smallest absolute Gasteiger partial charge is 0.259 e. The summed E-state index contributed by atoms with van der Waals surface area (Å²) in [6.45, 7) is 1.32. The van der Waals surface area contributed by atoms with Crippen molar-refractivity contribution in [2.24, 2.45) is 5.92 Å². The Hall–Kier alpha value is -3.54. The molecule has 1 aliphatic carbocycles. The van der Waals surface area contributed by atoms with Crippen molar-refractivity contribution in [2.45, 2.75) is 32.2 Å². The van der Waals surface area contributed by atoms with Gasteiger partial charge in [-0.3, -0.25) is 9.59 Å². The molecule has 0 unspecified atom stereocenters. The van der Waals surface area contributed by atoms with Crippen molar-refractivity contribution in [1.82, 2.24) is 4.90 Å². The van der Waals surface area contributed by atoms with Crippen LogP contribution in [0.25, 0.3) is 11.3 Å². The standard InChI is InChI=1S/C26H26N2O4/c1-31-23-11-3-2-10-21(23)25(29)27-20-9-5-8-18(14-20)24-15-19-16-28(13-12-22(19)32-24)26(30)17-6-4-7-17/h2-3,5,8-11,14-15,17H,4,6-7,12-13,16H2,1H3,(H,27,29). The first-order valence-electron chi connectivity index (χ1n) is 11.1. The molecule has 0 bridgehead atoms. The minimum Gasteiger partial charge on any atom is -0.496 e. The predicted molar refractivity (Wildman–Crippen MR) is 122 cm³/mol. The summed E-state index contributed by atoms with van der Waals surface area (Å²) in [7, 11) is 1.55. The van der Waals surface area contributed by atoms with Gasteiger partial charge in [-0.05, 0) is 43.2 Å². The van der Waals surface area contributed by atoms with Crippen LogP contribution in [-0.4, -0.2) is 30.4 Å². The fourth-order valence-electron chi connectivity index (χ4n) is 4.36. The van der Waals surface area contributed by atoms with E-state index in [4.69, 9.17) is 9.15 Å². The second-order valence-corrected chi connectivity index (χ2v) is 8.43. The zero-order valence-electron chi connectivity index (χ0n) is 18.1. The molecular formula is C26H26N2O4. The first-order chi connectivity index (χ1) is 15.6. The molecule has 0 radical (unpaired) electrons. The van der Waals surface area contributed by atoms with E-state index in [1.165, 1.54) is 0 Å². The van der Waals surface area contributed by atoms with E-state index in [1.54, 1.807) is 25.3 Å². The highest BCUT2D eigenvalue weighted by atomic mass is 16.5. The van der Waals surface area contributed by atoms with Crippen LogP contribution in [0.5, 0.6) is 5.75 Å². The van der Waals surface area contributed by atoms with E-state index in [9.17, 15) is 9.59 Å². The second-order valence-electron chi connectivity index (χ2n) is 8.43. The Morgan fingerprint density at radius 1 is 1.09 bits per heavy atom. The van der Waals surface area contributed by atoms with Gasteiger partial charge in [0.15, 0.2) is 0 Å². The van der Waals surface area contributed by atoms with Crippen molar-refractivity contribution >= 4 is 17.5 Å². The lowest BCUT2D eigenvalue weighted by Gasteiger charge is -2.33. The molecule has 2 amide bonds. The van der Waals surface area contributed by atoms with E-state index in [0.29, 0.717) is 30.1 Å². The van der Waals surface area contributed by atoms with Crippen molar-refractivity contribution in [1.29, 1.82) is 0 Å². The molecule has 1 aromatic heterocycles. The number of rotatable bonds is 5. The number of fused-ring (bicyclic) bond motifs is 1. The Morgan fingerprint density at radius 3 is 2.72 bits per heavy atom. The lowest BCUT2D eigenvalue weighted by atomic mass is 9.84. The third-order valence-corrected chi connectivity index (χ3v) is 6.39. The lowest BCUT2D eigenvalue weighted by molar-refractivity contribution is -0.139. The van der Waals surface area contributed by atoms with Gasteiger partial charge in [0.05, 0.1) is 12.7 Å². The summed E-state index contributed by atoms with van der Waals surface area (Å²) >= 11 is 0. The van der Waals surface area contributed by atoms with Gasteiger partial charge >= 0.3 is 0 Å². The molecule has 1 aliphatic heterocycles. The molecule has 1 N–H and O–H groups in total. The van der Waals surface area contributed by atoms with Crippen LogP contribution in [0.2, 0.25) is 0 Å². The Kier molecular flexibility index (Phi) is 5.43. The summed E-state index contributed by atoms with van der Waals surface area (Å²) in [4.78, 5) is 27.3. The molecule has 6 nitrogen and oxygen atoms in total. The predicted octanol–water partition coefficient (Wildman–Crippen LogP) is 4.89. The molecule has 3 aromatic rings. The summed E-state index contributed by atoms with van der Waals surface area (Å²) in [6.07, 6.45) is 3.94. The van der Waals surface area contributed by atoms with Crippen molar-refractivity contribution in [3.8, 4) is 17.1 Å². The van der Waals surface area contributed by atoms with Crippen LogP contribution in [0.15, 0.2) is 59.0 Å². The van der Waals surface area contributed by atoms with Crippen molar-refractivity contribution < 1.29 is 18.7 Å². The molecule has 1 saturated carbocycles. The van der Waals surface area contributed by atoms with Crippen LogP contribution in [0.3, 0.4) is 0 Å². The van der Waals surface area contributed by atoms with Crippen LogP contribution in [-0.2, 0) is 17.8 Å². The number of ether oxygens (including phenoxy) is 1. The van der Waals surface area contributed by atoms with Crippen LogP contribution in [0.1, 0.15) is 40.9 Å². The molecule has 0 spiro atoms. The number of amides is 2. The summed E-state index contributed by atoms with van der Waals surface area (Å²) in [6, 6.07) is 16.7. The number of carbonyl (C=O) groups is 2. The number of nitrogens with one attached hydrogen (secondary N) is 1. The molecule has 0 atom stereocenters. The number of furan rings is 1. The molecule has 32 heavy (non-hydrogen) atoms. The number of anilines is 1. The maximum atomic E-state index is 12.7. The summed E-state index contributed by atoms with van der Waals surface area (Å²) in [5.74, 6) is 2.49. The van der Waals surface area contributed by atoms with E-state index >= 15 is 0 Å². The average Bonchev–Trinajstić information content (AvgIpc) is 3.21. The maximum absolute atomic E-state index is 12.7. The molecule has 1 fully saturated rings. The van der Waals surface area contributed by atoms with Gasteiger partial charge in [0.25, 0.3) is 5.91 Å². The van der Waals surface area contributed by atoms with Gasteiger partial charge in [-0.15, -0.1) is 0 Å². The number of nitrogens with zero attached hydrogens (tertiary/aromatic N) is 1. The van der Waals surface area contributed by atoms with Crippen molar-refractivity contribution in [3.63, 3.8) is 0 Å². The summed E-state index contributed by atoms with van der Waals surface area (Å²) < 4.78 is 11.4. The summed E-state index contributed by atoms with van der Waals surface area (Å²) in [5, 5.41) is 2.94. The SMILES string of the molecule is COc1ccccc1C(=O)Nc1cccc(-c2cc3c(o2)CCN(C(=O)C2CCC2)C3)c1. The van der Waals surface area contributed by atoms with Gasteiger partial charge in [0.1, 0.15) is 17.3 Å². The minimum atomic E-state index is -0.233. The number of carbonyl (C=O) groups excluding carboxylic acids is 2. The van der Waals surface area contributed by atoms with Gasteiger partial charge in [0.2, 0.25) is 5.91 Å². The quantitative estimate of drug-likeness (QED) is 0.625. The number of methoxy groups -OCH3 is 1. The molecule has 5 rings (SSSR count). The monoisotopic (exact) mass is 430 g/mol. The number of benzene rings is 2. The first-order valence-corrected chi connectivity index (χ1v) is 11.1. The van der Waals surface area contributed by atoms with Crippen molar-refractivity contribution in [3.05, 3.63) is 71.5 Å². The van der Waals surface area contributed by atoms with Gasteiger partial charge in [-0.1, -0.05) is 30.7 Å². The maximum Gasteiger partial charge on any atom is 0.259 e. The molecule has 6 heteroatoms. The largest absolute Gasteiger partial charge is 0.496 e. The zero-order valence-corrected chi connectivity index (χ0v) is 18.1. The van der Waals surface area contributed by atoms with E-state index in [1.807, 2.05) is 41.3 Å². The topological polar surface area (TPSA) is 71.8 Å². The Morgan fingerprint density at radius 2 is 1.94 bits per heavy atom. The molecule has 2 aliphatic rings. The molecule has 0 saturated heterocycles. The zero-order chi connectivity index (χ0) is 22.1. The van der Waals surface area contributed by atoms with Gasteiger partial charge in [0, 0.05) is 42.2 Å². The first kappa shape index (κ1) is 20.4. The third kappa shape index (κ3) is 3.88. The van der Waals surface area contributed by atoms with Gasteiger partial charge in [-0.25, -0.2) is 0 Å². The highest BCUT2D eigenvalue weighted by Gasteiger charge is 2.32. The second kappa shape index (κ2) is 8.54. The van der Waals surface area contributed by atoms with E-state index in [0.717, 1.165) is 48.3 Å². The average molecular weight is 431 g/mol. The molecule has 164 valence electrons. The van der Waals surface area contributed by atoms with Crippen molar-refractivity contribution in [2.75, 3.05) is 19.0 Å². The Bertz CT molecular complexity index is 1160. The number of hydrogen-bond acceptors (Lipinski definition) is 4. The van der Waals surface area contributed by atoms with Crippen LogP contribution in [0, 0.1) is 5.92 Å².